The summed E-state index contributed by atoms with van der Waals surface area (Å²) < 4.78 is 0.975. The van der Waals surface area contributed by atoms with E-state index in [1.807, 2.05) is 30.3 Å². The van der Waals surface area contributed by atoms with Gasteiger partial charge in [-0.05, 0) is 46.2 Å². The first-order valence-corrected chi connectivity index (χ1v) is 7.76. The minimum atomic E-state index is -0.123. The van der Waals surface area contributed by atoms with Crippen molar-refractivity contribution in [3.05, 3.63) is 81.3 Å². The van der Waals surface area contributed by atoms with E-state index in [2.05, 4.69) is 51.7 Å². The Morgan fingerprint density at radius 1 is 0.952 bits per heavy atom. The van der Waals surface area contributed by atoms with Crippen molar-refractivity contribution < 1.29 is 0 Å². The smallest absolute Gasteiger partial charge is 0.0721 e. The van der Waals surface area contributed by atoms with Gasteiger partial charge in [0, 0.05) is 9.50 Å². The Balaban J connectivity index is 2.11. The van der Waals surface area contributed by atoms with Crippen molar-refractivity contribution in [1.82, 2.24) is 5.43 Å². The Morgan fingerprint density at radius 2 is 1.71 bits per heavy atom. The summed E-state index contributed by atoms with van der Waals surface area (Å²) in [7, 11) is 0. The number of benzene rings is 3. The number of halogens is 2. The summed E-state index contributed by atoms with van der Waals surface area (Å²) in [5.74, 6) is 5.79. The number of rotatable bonds is 3. The molecule has 4 heteroatoms. The van der Waals surface area contributed by atoms with Gasteiger partial charge in [-0.3, -0.25) is 5.84 Å². The molecule has 0 radical (unpaired) electrons. The molecule has 1 unspecified atom stereocenters. The van der Waals surface area contributed by atoms with Crippen LogP contribution >= 0.6 is 27.5 Å². The van der Waals surface area contributed by atoms with Gasteiger partial charge >= 0.3 is 0 Å². The molecule has 106 valence electrons. The summed E-state index contributed by atoms with van der Waals surface area (Å²) in [4.78, 5) is 0. The molecule has 0 aliphatic heterocycles. The highest BCUT2D eigenvalue weighted by Crippen LogP contribution is 2.31. The van der Waals surface area contributed by atoms with Gasteiger partial charge in [0.2, 0.25) is 0 Å². The van der Waals surface area contributed by atoms with Gasteiger partial charge < -0.3 is 0 Å². The predicted molar refractivity (Wildman–Crippen MR) is 92.3 cm³/mol. The number of fused-ring (bicyclic) bond motifs is 1. The molecule has 0 heterocycles. The molecular formula is C17H14BrClN2. The monoisotopic (exact) mass is 360 g/mol. The normalized spacial score (nSPS) is 12.5. The Hall–Kier alpha value is -1.39. The van der Waals surface area contributed by atoms with Crippen LogP contribution in [0.5, 0.6) is 0 Å². The molecule has 3 N–H and O–H groups in total. The van der Waals surface area contributed by atoms with Crippen molar-refractivity contribution >= 4 is 38.3 Å². The second-order valence-corrected chi connectivity index (χ2v) is 6.16. The van der Waals surface area contributed by atoms with E-state index in [-0.39, 0.29) is 6.04 Å². The Morgan fingerprint density at radius 3 is 2.48 bits per heavy atom. The van der Waals surface area contributed by atoms with Crippen LogP contribution in [0.3, 0.4) is 0 Å². The van der Waals surface area contributed by atoms with E-state index in [0.717, 1.165) is 15.6 Å². The lowest BCUT2D eigenvalue weighted by Crippen LogP contribution is -2.29. The maximum Gasteiger partial charge on any atom is 0.0721 e. The molecule has 0 aliphatic rings. The van der Waals surface area contributed by atoms with Crippen molar-refractivity contribution in [3.8, 4) is 0 Å². The molecule has 3 aromatic rings. The third-order valence-corrected chi connectivity index (χ3v) is 4.50. The molecule has 3 aromatic carbocycles. The molecule has 0 aliphatic carbocycles. The van der Waals surface area contributed by atoms with Gasteiger partial charge in [-0.1, -0.05) is 63.9 Å². The summed E-state index contributed by atoms with van der Waals surface area (Å²) >= 11 is 9.68. The van der Waals surface area contributed by atoms with Gasteiger partial charge in [0.1, 0.15) is 0 Å². The van der Waals surface area contributed by atoms with Gasteiger partial charge in [-0.25, -0.2) is 5.43 Å². The van der Waals surface area contributed by atoms with Crippen molar-refractivity contribution in [1.29, 1.82) is 0 Å². The first kappa shape index (κ1) is 14.5. The third-order valence-electron chi connectivity index (χ3n) is 3.54. The average molecular weight is 362 g/mol. The van der Waals surface area contributed by atoms with E-state index in [1.54, 1.807) is 0 Å². The molecule has 2 nitrogen and oxygen atoms in total. The summed E-state index contributed by atoms with van der Waals surface area (Å²) in [5, 5.41) is 3.09. The van der Waals surface area contributed by atoms with E-state index >= 15 is 0 Å². The summed E-state index contributed by atoms with van der Waals surface area (Å²) in [6.45, 7) is 0. The average Bonchev–Trinajstić information content (AvgIpc) is 2.51. The van der Waals surface area contributed by atoms with Crippen LogP contribution in [-0.2, 0) is 0 Å². The molecular weight excluding hydrogens is 348 g/mol. The van der Waals surface area contributed by atoms with Gasteiger partial charge in [-0.2, -0.15) is 0 Å². The van der Waals surface area contributed by atoms with Crippen LogP contribution < -0.4 is 11.3 Å². The van der Waals surface area contributed by atoms with Crippen molar-refractivity contribution in [3.63, 3.8) is 0 Å². The first-order chi connectivity index (χ1) is 10.2. The molecule has 1 atom stereocenters. The third kappa shape index (κ3) is 2.97. The van der Waals surface area contributed by atoms with Gasteiger partial charge in [0.15, 0.2) is 0 Å². The lowest BCUT2D eigenvalue weighted by molar-refractivity contribution is 0.635. The van der Waals surface area contributed by atoms with E-state index in [9.17, 15) is 0 Å². The number of hydrogen-bond acceptors (Lipinski definition) is 2. The lowest BCUT2D eigenvalue weighted by atomic mass is 9.97. The van der Waals surface area contributed by atoms with E-state index in [1.165, 1.54) is 10.8 Å². The predicted octanol–water partition coefficient (Wildman–Crippen LogP) is 4.81. The molecule has 0 fully saturated rings. The summed E-state index contributed by atoms with van der Waals surface area (Å²) in [5.41, 5.74) is 4.99. The highest BCUT2D eigenvalue weighted by atomic mass is 79.9. The number of nitrogens with two attached hydrogens (primary N) is 1. The molecule has 21 heavy (non-hydrogen) atoms. The van der Waals surface area contributed by atoms with E-state index in [4.69, 9.17) is 17.4 Å². The van der Waals surface area contributed by atoms with Crippen LogP contribution in [0.1, 0.15) is 17.2 Å². The maximum atomic E-state index is 6.11. The van der Waals surface area contributed by atoms with Crippen LogP contribution in [0.25, 0.3) is 10.8 Å². The lowest BCUT2D eigenvalue weighted by Gasteiger charge is -2.19. The van der Waals surface area contributed by atoms with Crippen LogP contribution in [-0.4, -0.2) is 0 Å². The molecule has 0 bridgehead atoms. The number of hydrogen-bond donors (Lipinski definition) is 2. The van der Waals surface area contributed by atoms with Crippen LogP contribution in [0, 0.1) is 0 Å². The Labute approximate surface area is 137 Å². The Bertz CT molecular complexity index is 789. The van der Waals surface area contributed by atoms with Crippen molar-refractivity contribution in [2.24, 2.45) is 5.84 Å². The Kier molecular flexibility index (Phi) is 4.27. The van der Waals surface area contributed by atoms with E-state index < -0.39 is 0 Å². The fourth-order valence-electron chi connectivity index (χ4n) is 2.49. The molecule has 0 aromatic heterocycles. The van der Waals surface area contributed by atoms with E-state index in [0.29, 0.717) is 5.02 Å². The zero-order valence-electron chi connectivity index (χ0n) is 11.2. The first-order valence-electron chi connectivity index (χ1n) is 6.59. The second kappa shape index (κ2) is 6.16. The maximum absolute atomic E-state index is 6.11. The van der Waals surface area contributed by atoms with Gasteiger partial charge in [0.25, 0.3) is 0 Å². The van der Waals surface area contributed by atoms with Gasteiger partial charge in [-0.15, -0.1) is 0 Å². The summed E-state index contributed by atoms with van der Waals surface area (Å²) in [6, 6.07) is 20.2. The SMILES string of the molecule is NNC(c1ccc2ccccc2c1)c1cc(Cl)ccc1Br. The molecule has 3 rings (SSSR count). The molecule has 0 spiro atoms. The number of hydrazine groups is 1. The van der Waals surface area contributed by atoms with Crippen LogP contribution in [0.15, 0.2) is 65.1 Å². The molecule has 0 saturated carbocycles. The van der Waals surface area contributed by atoms with Crippen LogP contribution in [0.4, 0.5) is 0 Å². The largest absolute Gasteiger partial charge is 0.271 e. The molecule has 0 saturated heterocycles. The van der Waals surface area contributed by atoms with Crippen molar-refractivity contribution in [2.75, 3.05) is 0 Å². The highest BCUT2D eigenvalue weighted by Gasteiger charge is 2.16. The quantitative estimate of drug-likeness (QED) is 0.519. The van der Waals surface area contributed by atoms with Crippen LogP contribution in [0.2, 0.25) is 5.02 Å². The fraction of sp³-hybridized carbons (Fsp3) is 0.0588. The van der Waals surface area contributed by atoms with Crippen molar-refractivity contribution in [2.45, 2.75) is 6.04 Å². The minimum absolute atomic E-state index is 0.123. The molecule has 0 amide bonds. The highest BCUT2D eigenvalue weighted by molar-refractivity contribution is 9.10. The standard InChI is InChI=1S/C17H14BrClN2/c18-16-8-7-14(19)10-15(16)17(21-20)13-6-5-11-3-1-2-4-12(11)9-13/h1-10,17,21H,20H2. The summed E-state index contributed by atoms with van der Waals surface area (Å²) in [6.07, 6.45) is 0. The zero-order valence-corrected chi connectivity index (χ0v) is 13.5. The topological polar surface area (TPSA) is 38.0 Å². The minimum Gasteiger partial charge on any atom is -0.271 e. The fourth-order valence-corrected chi connectivity index (χ4v) is 3.14. The number of nitrogens with one attached hydrogen (secondary N) is 1. The second-order valence-electron chi connectivity index (χ2n) is 4.87. The van der Waals surface area contributed by atoms with Gasteiger partial charge in [0.05, 0.1) is 6.04 Å². The zero-order chi connectivity index (χ0) is 14.8.